The number of benzene rings is 2. The van der Waals surface area contributed by atoms with Gasteiger partial charge in [0.1, 0.15) is 37.1 Å². The van der Waals surface area contributed by atoms with Gasteiger partial charge >= 0.3 is 0 Å². The molecule has 0 bridgehead atoms. The Kier molecular flexibility index (Phi) is 5.37. The zero-order chi connectivity index (χ0) is 18.5. The highest BCUT2D eigenvalue weighted by atomic mass is 16.6. The van der Waals surface area contributed by atoms with Crippen molar-refractivity contribution in [2.75, 3.05) is 7.11 Å². The van der Waals surface area contributed by atoms with Crippen molar-refractivity contribution in [1.82, 2.24) is 5.16 Å². The van der Waals surface area contributed by atoms with E-state index in [1.165, 1.54) is 24.5 Å². The maximum atomic E-state index is 6.13. The van der Waals surface area contributed by atoms with Crippen LogP contribution in [0.2, 0.25) is 0 Å². The number of rotatable bonds is 6. The molecule has 5 nitrogen and oxygen atoms in total. The maximum absolute atomic E-state index is 6.13. The summed E-state index contributed by atoms with van der Waals surface area (Å²) in [4.78, 5) is 5.02. The van der Waals surface area contributed by atoms with E-state index >= 15 is 0 Å². The van der Waals surface area contributed by atoms with Gasteiger partial charge in [-0.1, -0.05) is 40.6 Å². The lowest BCUT2D eigenvalue weighted by molar-refractivity contribution is 0.213. The van der Waals surface area contributed by atoms with Gasteiger partial charge < -0.3 is 14.1 Å². The van der Waals surface area contributed by atoms with Gasteiger partial charge in [0.05, 0.1) is 0 Å². The van der Waals surface area contributed by atoms with Gasteiger partial charge in [0.25, 0.3) is 0 Å². The topological polar surface area (TPSA) is 56.9 Å². The Bertz CT molecular complexity index is 915. The molecule has 2 aromatic carbocycles. The monoisotopic (exact) mass is 350 g/mol. The Hall–Kier alpha value is -3.08. The predicted molar refractivity (Wildman–Crippen MR) is 101 cm³/mol. The summed E-state index contributed by atoms with van der Waals surface area (Å²) in [7, 11) is 1.51. The van der Waals surface area contributed by atoms with Gasteiger partial charge in [-0.05, 0) is 49.1 Å². The van der Waals surface area contributed by atoms with Crippen LogP contribution in [0.3, 0.4) is 0 Å². The van der Waals surface area contributed by atoms with Crippen LogP contribution in [0.25, 0.3) is 0 Å². The Morgan fingerprint density at radius 2 is 1.92 bits per heavy atom. The third-order valence-corrected chi connectivity index (χ3v) is 4.28. The first-order chi connectivity index (χ1) is 12.6. The van der Waals surface area contributed by atoms with Gasteiger partial charge in [0.15, 0.2) is 0 Å². The number of nitrogens with zero attached hydrogens (tertiary/aromatic N) is 2. The number of hydrogen-bond donors (Lipinski definition) is 0. The van der Waals surface area contributed by atoms with E-state index in [4.69, 9.17) is 14.1 Å². The van der Waals surface area contributed by atoms with E-state index in [-0.39, 0.29) is 0 Å². The van der Waals surface area contributed by atoms with E-state index in [9.17, 15) is 0 Å². The molecule has 5 heteroatoms. The molecule has 0 fully saturated rings. The van der Waals surface area contributed by atoms with Crippen LogP contribution in [0.1, 0.15) is 33.5 Å². The lowest BCUT2D eigenvalue weighted by atomic mass is 10.0. The van der Waals surface area contributed by atoms with E-state index in [1.54, 1.807) is 6.07 Å². The Balaban J connectivity index is 1.92. The van der Waals surface area contributed by atoms with E-state index in [0.29, 0.717) is 18.0 Å². The average Bonchev–Trinajstić information content (AvgIpc) is 3.16. The number of hydrogen-bond acceptors (Lipinski definition) is 5. The minimum atomic E-state index is 0.417. The van der Waals surface area contributed by atoms with Crippen molar-refractivity contribution in [3.05, 3.63) is 82.2 Å². The largest absolute Gasteiger partial charge is 0.489 e. The third kappa shape index (κ3) is 3.77. The molecule has 3 aromatic rings. The van der Waals surface area contributed by atoms with Crippen LogP contribution in [-0.4, -0.2) is 18.0 Å². The lowest BCUT2D eigenvalue weighted by Gasteiger charge is -2.15. The van der Waals surface area contributed by atoms with Crippen molar-refractivity contribution in [3.8, 4) is 5.75 Å². The Labute approximate surface area is 153 Å². The minimum Gasteiger partial charge on any atom is -0.489 e. The average molecular weight is 350 g/mol. The molecule has 0 amide bonds. The zero-order valence-electron chi connectivity index (χ0n) is 15.4. The fourth-order valence-corrected chi connectivity index (χ4v) is 2.84. The van der Waals surface area contributed by atoms with E-state index in [0.717, 1.165) is 22.4 Å². The number of aryl methyl sites for hydroxylation is 2. The van der Waals surface area contributed by atoms with Gasteiger partial charge in [-0.2, -0.15) is 0 Å². The first-order valence-electron chi connectivity index (χ1n) is 8.41. The second-order valence-corrected chi connectivity index (χ2v) is 6.16. The SMILES string of the molecule is CO/N=C(\c1ccon1)c1ccccc1COc1cc(C)cc(C)c1C. The van der Waals surface area contributed by atoms with E-state index in [1.807, 2.05) is 24.3 Å². The first-order valence-corrected chi connectivity index (χ1v) is 8.41. The Morgan fingerprint density at radius 1 is 1.12 bits per heavy atom. The van der Waals surface area contributed by atoms with Crippen molar-refractivity contribution in [2.45, 2.75) is 27.4 Å². The van der Waals surface area contributed by atoms with Gasteiger partial charge in [-0.3, -0.25) is 0 Å². The summed E-state index contributed by atoms with van der Waals surface area (Å²) < 4.78 is 11.1. The Morgan fingerprint density at radius 3 is 2.65 bits per heavy atom. The highest BCUT2D eigenvalue weighted by molar-refractivity contribution is 6.12. The van der Waals surface area contributed by atoms with Crippen molar-refractivity contribution in [2.24, 2.45) is 5.16 Å². The van der Waals surface area contributed by atoms with Crippen LogP contribution in [0.4, 0.5) is 0 Å². The zero-order valence-corrected chi connectivity index (χ0v) is 15.4. The number of oxime groups is 1. The summed E-state index contributed by atoms with van der Waals surface area (Å²) in [6.45, 7) is 6.65. The summed E-state index contributed by atoms with van der Waals surface area (Å²) in [6, 6.07) is 13.9. The quantitative estimate of drug-likeness (QED) is 0.482. The van der Waals surface area contributed by atoms with Crippen molar-refractivity contribution >= 4 is 5.71 Å². The fraction of sp³-hybridized carbons (Fsp3) is 0.238. The third-order valence-electron chi connectivity index (χ3n) is 4.28. The molecule has 134 valence electrons. The molecule has 3 rings (SSSR count). The fourth-order valence-electron chi connectivity index (χ4n) is 2.84. The standard InChI is InChI=1S/C21H22N2O3/c1-14-11-15(2)16(3)20(12-14)25-13-17-7-5-6-8-18(17)21(23-24-4)19-9-10-26-22-19/h5-12H,13H2,1-4H3/b23-21-. The molecule has 0 aliphatic heterocycles. The summed E-state index contributed by atoms with van der Waals surface area (Å²) in [5, 5.41) is 8.12. The lowest BCUT2D eigenvalue weighted by Crippen LogP contribution is -2.10. The highest BCUT2D eigenvalue weighted by Gasteiger charge is 2.16. The molecule has 0 N–H and O–H groups in total. The van der Waals surface area contributed by atoms with E-state index in [2.05, 4.69) is 43.2 Å². The number of ether oxygens (including phenoxy) is 1. The van der Waals surface area contributed by atoms with Crippen LogP contribution >= 0.6 is 0 Å². The molecule has 0 aliphatic rings. The van der Waals surface area contributed by atoms with Crippen LogP contribution in [0.5, 0.6) is 5.75 Å². The summed E-state index contributed by atoms with van der Waals surface area (Å²) in [5.41, 5.74) is 6.66. The molecule has 0 saturated carbocycles. The molecule has 0 unspecified atom stereocenters. The van der Waals surface area contributed by atoms with Crippen LogP contribution < -0.4 is 4.74 Å². The number of aromatic nitrogens is 1. The molecule has 1 aromatic heterocycles. The van der Waals surface area contributed by atoms with Gasteiger partial charge in [0, 0.05) is 11.6 Å². The smallest absolute Gasteiger partial charge is 0.139 e. The van der Waals surface area contributed by atoms with Gasteiger partial charge in [-0.15, -0.1) is 0 Å². The predicted octanol–water partition coefficient (Wildman–Crippen LogP) is 4.58. The molecule has 0 radical (unpaired) electrons. The molecular formula is C21H22N2O3. The van der Waals surface area contributed by atoms with Gasteiger partial charge in [0.2, 0.25) is 0 Å². The molecular weight excluding hydrogens is 328 g/mol. The molecule has 26 heavy (non-hydrogen) atoms. The molecule has 0 atom stereocenters. The van der Waals surface area contributed by atoms with Crippen molar-refractivity contribution in [3.63, 3.8) is 0 Å². The molecule has 0 aliphatic carbocycles. The second-order valence-electron chi connectivity index (χ2n) is 6.16. The van der Waals surface area contributed by atoms with E-state index < -0.39 is 0 Å². The normalized spacial score (nSPS) is 11.5. The van der Waals surface area contributed by atoms with Crippen LogP contribution in [0.15, 0.2) is 58.4 Å². The highest BCUT2D eigenvalue weighted by Crippen LogP contribution is 2.25. The second kappa shape index (κ2) is 7.87. The molecule has 0 spiro atoms. The van der Waals surface area contributed by atoms with Crippen LogP contribution in [-0.2, 0) is 11.4 Å². The first kappa shape index (κ1) is 17.7. The van der Waals surface area contributed by atoms with Gasteiger partial charge in [-0.25, -0.2) is 0 Å². The summed E-state index contributed by atoms with van der Waals surface area (Å²) in [6.07, 6.45) is 1.51. The maximum Gasteiger partial charge on any atom is 0.139 e. The molecule has 0 saturated heterocycles. The van der Waals surface area contributed by atoms with Crippen LogP contribution in [0, 0.1) is 20.8 Å². The minimum absolute atomic E-state index is 0.417. The summed E-state index contributed by atoms with van der Waals surface area (Å²) in [5.74, 6) is 0.893. The van der Waals surface area contributed by atoms with Crippen molar-refractivity contribution in [1.29, 1.82) is 0 Å². The summed E-state index contributed by atoms with van der Waals surface area (Å²) >= 11 is 0. The molecule has 1 heterocycles. The van der Waals surface area contributed by atoms with Crippen molar-refractivity contribution < 1.29 is 14.1 Å².